The molecule has 1 aliphatic heterocycles. The second-order valence-corrected chi connectivity index (χ2v) is 5.75. The minimum absolute atomic E-state index is 0.0874. The normalized spacial score (nSPS) is 22.0. The van der Waals surface area contributed by atoms with E-state index in [9.17, 15) is 14.7 Å². The number of piperidine rings is 1. The molecule has 1 aromatic rings. The number of hydrogen-bond acceptors (Lipinski definition) is 2. The molecule has 4 nitrogen and oxygen atoms in total. The van der Waals surface area contributed by atoms with Crippen LogP contribution in [-0.2, 0) is 16.0 Å². The highest BCUT2D eigenvalue weighted by Crippen LogP contribution is 2.24. The standard InChI is InChI=1S/C17H23NO3/c1-13-15(17(20)21)10-6-12-18(13)16(19)11-5-9-14-7-3-2-4-8-14/h2-4,7-8,13,15H,5-6,9-12H2,1H3,(H,20,21)/t13-,15-/m1/s1. The zero-order valence-electron chi connectivity index (χ0n) is 12.5. The van der Waals surface area contributed by atoms with Crippen molar-refractivity contribution in [2.24, 2.45) is 5.92 Å². The maximum Gasteiger partial charge on any atom is 0.308 e. The van der Waals surface area contributed by atoms with E-state index in [1.54, 1.807) is 4.90 Å². The molecule has 0 radical (unpaired) electrons. The predicted octanol–water partition coefficient (Wildman–Crippen LogP) is 2.72. The van der Waals surface area contributed by atoms with Gasteiger partial charge in [0.1, 0.15) is 0 Å². The molecule has 1 aromatic carbocycles. The summed E-state index contributed by atoms with van der Waals surface area (Å²) >= 11 is 0. The van der Waals surface area contributed by atoms with Gasteiger partial charge in [0.05, 0.1) is 5.92 Å². The number of carbonyl (C=O) groups excluding carboxylic acids is 1. The van der Waals surface area contributed by atoms with E-state index in [0.29, 0.717) is 19.4 Å². The number of likely N-dealkylation sites (tertiary alicyclic amines) is 1. The first kappa shape index (κ1) is 15.5. The van der Waals surface area contributed by atoms with Crippen molar-refractivity contribution in [3.05, 3.63) is 35.9 Å². The Balaban J connectivity index is 1.83. The lowest BCUT2D eigenvalue weighted by molar-refractivity contribution is -0.149. The molecule has 2 atom stereocenters. The molecule has 0 saturated carbocycles. The largest absolute Gasteiger partial charge is 0.481 e. The average molecular weight is 289 g/mol. The van der Waals surface area contributed by atoms with E-state index in [1.807, 2.05) is 25.1 Å². The maximum atomic E-state index is 12.3. The van der Waals surface area contributed by atoms with Crippen molar-refractivity contribution in [2.45, 2.75) is 45.1 Å². The lowest BCUT2D eigenvalue weighted by Crippen LogP contribution is -2.49. The van der Waals surface area contributed by atoms with Crippen LogP contribution in [0, 0.1) is 5.92 Å². The van der Waals surface area contributed by atoms with Crippen LogP contribution in [0.15, 0.2) is 30.3 Å². The summed E-state index contributed by atoms with van der Waals surface area (Å²) in [5.74, 6) is -1.12. The highest BCUT2D eigenvalue weighted by atomic mass is 16.4. The van der Waals surface area contributed by atoms with Gasteiger partial charge in [0, 0.05) is 19.0 Å². The van der Waals surface area contributed by atoms with Crippen LogP contribution in [0.2, 0.25) is 0 Å². The van der Waals surface area contributed by atoms with E-state index in [-0.39, 0.29) is 11.9 Å². The Kier molecular flexibility index (Phi) is 5.37. The summed E-state index contributed by atoms with van der Waals surface area (Å²) < 4.78 is 0. The highest BCUT2D eigenvalue weighted by Gasteiger charge is 2.34. The Morgan fingerprint density at radius 3 is 2.67 bits per heavy atom. The smallest absolute Gasteiger partial charge is 0.308 e. The van der Waals surface area contributed by atoms with Crippen molar-refractivity contribution < 1.29 is 14.7 Å². The molecular formula is C17H23NO3. The van der Waals surface area contributed by atoms with Crippen LogP contribution in [0.4, 0.5) is 0 Å². The first-order chi connectivity index (χ1) is 10.1. The van der Waals surface area contributed by atoms with Gasteiger partial charge in [-0.3, -0.25) is 9.59 Å². The first-order valence-electron chi connectivity index (χ1n) is 7.66. The van der Waals surface area contributed by atoms with Crippen molar-refractivity contribution in [1.29, 1.82) is 0 Å². The zero-order valence-corrected chi connectivity index (χ0v) is 12.5. The first-order valence-corrected chi connectivity index (χ1v) is 7.66. The molecule has 1 aliphatic rings. The van der Waals surface area contributed by atoms with Crippen LogP contribution in [0.5, 0.6) is 0 Å². The molecule has 2 rings (SSSR count). The molecule has 0 unspecified atom stereocenters. The molecule has 1 N–H and O–H groups in total. The van der Waals surface area contributed by atoms with Crippen molar-refractivity contribution in [2.75, 3.05) is 6.54 Å². The Labute approximate surface area is 125 Å². The molecule has 4 heteroatoms. The summed E-state index contributed by atoms with van der Waals surface area (Å²) in [6.45, 7) is 2.54. The lowest BCUT2D eigenvalue weighted by atomic mass is 9.90. The fourth-order valence-corrected chi connectivity index (χ4v) is 3.06. The van der Waals surface area contributed by atoms with Crippen LogP contribution in [0.3, 0.4) is 0 Å². The third kappa shape index (κ3) is 4.06. The summed E-state index contributed by atoms with van der Waals surface area (Å²) in [7, 11) is 0. The number of amides is 1. The monoisotopic (exact) mass is 289 g/mol. The number of benzene rings is 1. The quantitative estimate of drug-likeness (QED) is 0.906. The molecule has 21 heavy (non-hydrogen) atoms. The number of carboxylic acids is 1. The summed E-state index contributed by atoms with van der Waals surface area (Å²) in [5, 5.41) is 9.19. The second-order valence-electron chi connectivity index (χ2n) is 5.75. The van der Waals surface area contributed by atoms with Gasteiger partial charge >= 0.3 is 5.97 Å². The third-order valence-corrected chi connectivity index (χ3v) is 4.32. The number of hydrogen-bond donors (Lipinski definition) is 1. The van der Waals surface area contributed by atoms with E-state index in [4.69, 9.17) is 0 Å². The minimum atomic E-state index is -0.788. The van der Waals surface area contributed by atoms with E-state index in [0.717, 1.165) is 19.3 Å². The molecule has 0 spiro atoms. The molecule has 114 valence electrons. The van der Waals surface area contributed by atoms with Crippen molar-refractivity contribution in [3.63, 3.8) is 0 Å². The molecule has 0 aliphatic carbocycles. The maximum absolute atomic E-state index is 12.3. The van der Waals surface area contributed by atoms with Gasteiger partial charge in [-0.15, -0.1) is 0 Å². The SMILES string of the molecule is C[C@@H]1[C@H](C(=O)O)CCCN1C(=O)CCCc1ccccc1. The summed E-state index contributed by atoms with van der Waals surface area (Å²) in [5.41, 5.74) is 1.24. The Hall–Kier alpha value is -1.84. The number of aliphatic carboxylic acids is 1. The number of aryl methyl sites for hydroxylation is 1. The summed E-state index contributed by atoms with van der Waals surface area (Å²) in [6.07, 6.45) is 3.64. The molecule has 1 saturated heterocycles. The number of carbonyl (C=O) groups is 2. The van der Waals surface area contributed by atoms with Gasteiger partial charge in [0.2, 0.25) is 5.91 Å². The highest BCUT2D eigenvalue weighted by molar-refractivity contribution is 5.78. The topological polar surface area (TPSA) is 57.6 Å². The Morgan fingerprint density at radius 2 is 2.00 bits per heavy atom. The number of nitrogens with zero attached hydrogens (tertiary/aromatic N) is 1. The molecule has 0 bridgehead atoms. The van der Waals surface area contributed by atoms with Crippen LogP contribution in [0.1, 0.15) is 38.2 Å². The molecule has 1 amide bonds. The van der Waals surface area contributed by atoms with Gasteiger partial charge < -0.3 is 10.0 Å². The zero-order chi connectivity index (χ0) is 15.2. The number of carboxylic acid groups (broad SMARTS) is 1. The van der Waals surface area contributed by atoms with Gasteiger partial charge in [-0.1, -0.05) is 30.3 Å². The van der Waals surface area contributed by atoms with Gasteiger partial charge in [-0.2, -0.15) is 0 Å². The van der Waals surface area contributed by atoms with Crippen molar-refractivity contribution >= 4 is 11.9 Å². The Bertz CT molecular complexity index is 486. The molecular weight excluding hydrogens is 266 g/mol. The van der Waals surface area contributed by atoms with E-state index >= 15 is 0 Å². The van der Waals surface area contributed by atoms with Gasteiger partial charge in [-0.05, 0) is 38.2 Å². The van der Waals surface area contributed by atoms with Crippen LogP contribution in [-0.4, -0.2) is 34.5 Å². The van der Waals surface area contributed by atoms with Gasteiger partial charge in [-0.25, -0.2) is 0 Å². The van der Waals surface area contributed by atoms with Crippen molar-refractivity contribution in [1.82, 2.24) is 4.90 Å². The molecule has 1 heterocycles. The van der Waals surface area contributed by atoms with Gasteiger partial charge in [0.25, 0.3) is 0 Å². The van der Waals surface area contributed by atoms with E-state index < -0.39 is 11.9 Å². The molecule has 0 aromatic heterocycles. The lowest BCUT2D eigenvalue weighted by Gasteiger charge is -2.37. The third-order valence-electron chi connectivity index (χ3n) is 4.32. The summed E-state index contributed by atoms with van der Waals surface area (Å²) in [6, 6.07) is 9.92. The average Bonchev–Trinajstić information content (AvgIpc) is 2.48. The van der Waals surface area contributed by atoms with Crippen molar-refractivity contribution in [3.8, 4) is 0 Å². The molecule has 1 fully saturated rings. The Morgan fingerprint density at radius 1 is 1.29 bits per heavy atom. The minimum Gasteiger partial charge on any atom is -0.481 e. The van der Waals surface area contributed by atoms with Crippen LogP contribution >= 0.6 is 0 Å². The predicted molar refractivity (Wildman–Crippen MR) is 80.9 cm³/mol. The fourth-order valence-electron chi connectivity index (χ4n) is 3.06. The van der Waals surface area contributed by atoms with E-state index in [2.05, 4.69) is 12.1 Å². The van der Waals surface area contributed by atoms with Crippen LogP contribution in [0.25, 0.3) is 0 Å². The second kappa shape index (κ2) is 7.25. The fraction of sp³-hybridized carbons (Fsp3) is 0.529. The van der Waals surface area contributed by atoms with Crippen LogP contribution < -0.4 is 0 Å². The number of rotatable bonds is 5. The van der Waals surface area contributed by atoms with E-state index in [1.165, 1.54) is 5.56 Å². The van der Waals surface area contributed by atoms with Gasteiger partial charge in [0.15, 0.2) is 0 Å². The summed E-state index contributed by atoms with van der Waals surface area (Å²) in [4.78, 5) is 25.3.